The molecule has 0 heterocycles. The van der Waals surface area contributed by atoms with Crippen LogP contribution in [0.15, 0.2) is 22.7 Å². The summed E-state index contributed by atoms with van der Waals surface area (Å²) in [5.41, 5.74) is 0.547. The van der Waals surface area contributed by atoms with E-state index < -0.39 is 0 Å². The number of hydrogen-bond donors (Lipinski definition) is 0. The second-order valence-corrected chi connectivity index (χ2v) is 3.26. The number of benzene rings is 1. The monoisotopic (exact) mass is 230 g/mol. The molecule has 0 unspecified atom stereocenters. The van der Waals surface area contributed by atoms with E-state index in [4.69, 9.17) is 0 Å². The Balaban J connectivity index is 3.05. The maximum Gasteiger partial charge on any atom is 0.162 e. The predicted octanol–water partition coefficient (Wildman–Crippen LogP) is 3.18. The molecular formula is C9H8BrFO. The van der Waals surface area contributed by atoms with Gasteiger partial charge < -0.3 is 0 Å². The highest BCUT2D eigenvalue weighted by molar-refractivity contribution is 9.10. The molecule has 64 valence electrons. The average Bonchev–Trinajstić information content (AvgIpc) is 2.08. The van der Waals surface area contributed by atoms with Gasteiger partial charge in [0.05, 0.1) is 4.47 Å². The van der Waals surface area contributed by atoms with E-state index in [2.05, 4.69) is 15.9 Å². The largest absolute Gasteiger partial charge is 0.294 e. The zero-order valence-corrected chi connectivity index (χ0v) is 8.19. The van der Waals surface area contributed by atoms with Crippen molar-refractivity contribution < 1.29 is 9.18 Å². The molecule has 1 aromatic carbocycles. The van der Waals surface area contributed by atoms with Crippen molar-refractivity contribution in [3.63, 3.8) is 0 Å². The molecule has 0 saturated heterocycles. The topological polar surface area (TPSA) is 17.1 Å². The first kappa shape index (κ1) is 9.39. The van der Waals surface area contributed by atoms with E-state index in [1.807, 2.05) is 0 Å². The lowest BCUT2D eigenvalue weighted by atomic mass is 10.1. The number of Topliss-reactive ketones (excluding diaryl/α,β-unsaturated/α-hetero) is 1. The van der Waals surface area contributed by atoms with Crippen LogP contribution in [0.2, 0.25) is 0 Å². The second kappa shape index (κ2) is 3.81. The minimum absolute atomic E-state index is 0.0238. The molecule has 0 N–H and O–H groups in total. The summed E-state index contributed by atoms with van der Waals surface area (Å²) in [7, 11) is 0. The Morgan fingerprint density at radius 3 is 2.75 bits per heavy atom. The lowest BCUT2D eigenvalue weighted by Crippen LogP contribution is -1.96. The van der Waals surface area contributed by atoms with Gasteiger partial charge in [0.2, 0.25) is 0 Å². The van der Waals surface area contributed by atoms with Crippen LogP contribution in [0, 0.1) is 5.82 Å². The maximum absolute atomic E-state index is 12.7. The van der Waals surface area contributed by atoms with Gasteiger partial charge in [-0.05, 0) is 34.1 Å². The molecule has 0 bridgehead atoms. The summed E-state index contributed by atoms with van der Waals surface area (Å²) in [5.74, 6) is -0.321. The van der Waals surface area contributed by atoms with Crippen molar-refractivity contribution in [3.05, 3.63) is 34.1 Å². The fraction of sp³-hybridized carbons (Fsp3) is 0.222. The van der Waals surface area contributed by atoms with Crippen molar-refractivity contribution in [2.75, 3.05) is 0 Å². The number of halogens is 2. The minimum atomic E-state index is -0.345. The van der Waals surface area contributed by atoms with Crippen molar-refractivity contribution in [2.45, 2.75) is 13.3 Å². The van der Waals surface area contributed by atoms with E-state index in [0.29, 0.717) is 16.5 Å². The van der Waals surface area contributed by atoms with Gasteiger partial charge in [-0.1, -0.05) is 6.92 Å². The fourth-order valence-corrected chi connectivity index (χ4v) is 1.25. The first-order valence-electron chi connectivity index (χ1n) is 3.63. The molecular weight excluding hydrogens is 223 g/mol. The van der Waals surface area contributed by atoms with Gasteiger partial charge in [0.25, 0.3) is 0 Å². The average molecular weight is 231 g/mol. The van der Waals surface area contributed by atoms with Crippen LogP contribution in [0.3, 0.4) is 0 Å². The van der Waals surface area contributed by atoms with Crippen LogP contribution in [0.5, 0.6) is 0 Å². The molecule has 1 rings (SSSR count). The van der Waals surface area contributed by atoms with Gasteiger partial charge in [-0.15, -0.1) is 0 Å². The Labute approximate surface area is 78.7 Å². The fourth-order valence-electron chi connectivity index (χ4n) is 0.874. The van der Waals surface area contributed by atoms with Crippen molar-refractivity contribution >= 4 is 21.7 Å². The Morgan fingerprint density at radius 1 is 1.58 bits per heavy atom. The summed E-state index contributed by atoms with van der Waals surface area (Å²) in [6, 6.07) is 4.28. The standard InChI is InChI=1S/C9H8BrFO/c1-2-9(12)6-3-4-8(11)7(10)5-6/h3-5H,2H2,1H3. The van der Waals surface area contributed by atoms with E-state index in [1.165, 1.54) is 18.2 Å². The van der Waals surface area contributed by atoms with Crippen molar-refractivity contribution in [3.8, 4) is 0 Å². The van der Waals surface area contributed by atoms with Crippen LogP contribution in [-0.2, 0) is 0 Å². The number of carbonyl (C=O) groups is 1. The summed E-state index contributed by atoms with van der Waals surface area (Å²) in [6.45, 7) is 1.78. The van der Waals surface area contributed by atoms with Crippen LogP contribution in [0.25, 0.3) is 0 Å². The number of carbonyl (C=O) groups excluding carboxylic acids is 1. The van der Waals surface area contributed by atoms with E-state index in [0.717, 1.165) is 0 Å². The maximum atomic E-state index is 12.7. The summed E-state index contributed by atoms with van der Waals surface area (Å²) < 4.78 is 13.0. The second-order valence-electron chi connectivity index (χ2n) is 2.41. The summed E-state index contributed by atoms with van der Waals surface area (Å²) in [4.78, 5) is 11.1. The molecule has 3 heteroatoms. The van der Waals surface area contributed by atoms with E-state index in [1.54, 1.807) is 6.92 Å². The molecule has 0 amide bonds. The van der Waals surface area contributed by atoms with Gasteiger partial charge in [0.15, 0.2) is 5.78 Å². The van der Waals surface area contributed by atoms with Crippen LogP contribution < -0.4 is 0 Å². The molecule has 0 aliphatic heterocycles. The third-order valence-corrected chi connectivity index (χ3v) is 2.17. The van der Waals surface area contributed by atoms with Gasteiger partial charge in [0, 0.05) is 12.0 Å². The van der Waals surface area contributed by atoms with Gasteiger partial charge in [-0.25, -0.2) is 4.39 Å². The zero-order valence-electron chi connectivity index (χ0n) is 6.60. The Morgan fingerprint density at radius 2 is 2.25 bits per heavy atom. The molecule has 0 radical (unpaired) electrons. The molecule has 0 atom stereocenters. The zero-order chi connectivity index (χ0) is 9.14. The smallest absolute Gasteiger partial charge is 0.162 e. The highest BCUT2D eigenvalue weighted by atomic mass is 79.9. The predicted molar refractivity (Wildman–Crippen MR) is 48.7 cm³/mol. The molecule has 1 aromatic rings. The Bertz CT molecular complexity index is 309. The summed E-state index contributed by atoms with van der Waals surface area (Å²) in [5, 5.41) is 0. The van der Waals surface area contributed by atoms with Gasteiger partial charge in [0.1, 0.15) is 5.82 Å². The van der Waals surface area contributed by atoms with E-state index >= 15 is 0 Å². The number of ketones is 1. The van der Waals surface area contributed by atoms with Gasteiger partial charge in [-0.3, -0.25) is 4.79 Å². The SMILES string of the molecule is CCC(=O)c1ccc(F)c(Br)c1. The van der Waals surface area contributed by atoms with Crippen molar-refractivity contribution in [1.82, 2.24) is 0 Å². The van der Waals surface area contributed by atoms with Gasteiger partial charge in [-0.2, -0.15) is 0 Å². The number of hydrogen-bond acceptors (Lipinski definition) is 1. The highest BCUT2D eigenvalue weighted by Gasteiger charge is 2.05. The summed E-state index contributed by atoms with van der Waals surface area (Å²) in [6.07, 6.45) is 0.443. The minimum Gasteiger partial charge on any atom is -0.294 e. The lowest BCUT2D eigenvalue weighted by Gasteiger charge is -1.98. The summed E-state index contributed by atoms with van der Waals surface area (Å²) >= 11 is 3.02. The van der Waals surface area contributed by atoms with Crippen LogP contribution >= 0.6 is 15.9 Å². The molecule has 0 fully saturated rings. The first-order valence-corrected chi connectivity index (χ1v) is 4.42. The molecule has 0 aliphatic rings. The normalized spacial score (nSPS) is 9.92. The van der Waals surface area contributed by atoms with Crippen LogP contribution in [0.1, 0.15) is 23.7 Å². The molecule has 0 spiro atoms. The van der Waals surface area contributed by atoms with Crippen LogP contribution in [0.4, 0.5) is 4.39 Å². The first-order chi connectivity index (χ1) is 5.65. The number of rotatable bonds is 2. The molecule has 0 saturated carbocycles. The molecule has 0 aromatic heterocycles. The van der Waals surface area contributed by atoms with Crippen molar-refractivity contribution in [1.29, 1.82) is 0 Å². The molecule has 0 aliphatic carbocycles. The van der Waals surface area contributed by atoms with E-state index in [9.17, 15) is 9.18 Å². The van der Waals surface area contributed by atoms with Gasteiger partial charge >= 0.3 is 0 Å². The lowest BCUT2D eigenvalue weighted by molar-refractivity contribution is 0.0988. The molecule has 1 nitrogen and oxygen atoms in total. The third kappa shape index (κ3) is 1.91. The quantitative estimate of drug-likeness (QED) is 0.714. The Kier molecular flexibility index (Phi) is 2.98. The molecule has 12 heavy (non-hydrogen) atoms. The third-order valence-electron chi connectivity index (χ3n) is 1.56. The van der Waals surface area contributed by atoms with Crippen LogP contribution in [-0.4, -0.2) is 5.78 Å². The highest BCUT2D eigenvalue weighted by Crippen LogP contribution is 2.17. The Hall–Kier alpha value is -0.700. The van der Waals surface area contributed by atoms with E-state index in [-0.39, 0.29) is 11.6 Å². The van der Waals surface area contributed by atoms with Crippen molar-refractivity contribution in [2.24, 2.45) is 0 Å².